The van der Waals surface area contributed by atoms with E-state index in [-0.39, 0.29) is 0 Å². The first-order valence-electron chi connectivity index (χ1n) is 6.73. The summed E-state index contributed by atoms with van der Waals surface area (Å²) in [4.78, 5) is 12.7. The smallest absolute Gasteiger partial charge is 0.411 e. The number of benzene rings is 1. The van der Waals surface area contributed by atoms with Crippen molar-refractivity contribution in [2.45, 2.75) is 33.1 Å². The SMILES string of the molecule is CCC(C)CCCN(C(=O)O)c1ccc(OC)cc1. The zero-order chi connectivity index (χ0) is 14.3. The van der Waals surface area contributed by atoms with Crippen LogP contribution >= 0.6 is 0 Å². The Kier molecular flexibility index (Phi) is 6.19. The van der Waals surface area contributed by atoms with Crippen LogP contribution in [0.1, 0.15) is 33.1 Å². The first-order chi connectivity index (χ1) is 9.08. The van der Waals surface area contributed by atoms with Crippen molar-refractivity contribution in [1.29, 1.82) is 0 Å². The van der Waals surface area contributed by atoms with Gasteiger partial charge in [-0.2, -0.15) is 0 Å². The third kappa shape index (κ3) is 4.81. The molecule has 1 unspecified atom stereocenters. The average Bonchev–Trinajstić information content (AvgIpc) is 2.43. The summed E-state index contributed by atoms with van der Waals surface area (Å²) in [7, 11) is 1.59. The van der Waals surface area contributed by atoms with E-state index in [1.54, 1.807) is 31.4 Å². The zero-order valence-electron chi connectivity index (χ0n) is 11.9. The Morgan fingerprint density at radius 1 is 1.37 bits per heavy atom. The van der Waals surface area contributed by atoms with Crippen LogP contribution in [-0.2, 0) is 0 Å². The highest BCUT2D eigenvalue weighted by atomic mass is 16.5. The number of hydrogen-bond donors (Lipinski definition) is 1. The van der Waals surface area contributed by atoms with E-state index in [0.29, 0.717) is 18.2 Å². The predicted molar refractivity (Wildman–Crippen MR) is 77.1 cm³/mol. The van der Waals surface area contributed by atoms with Gasteiger partial charge in [-0.3, -0.25) is 4.90 Å². The Balaban J connectivity index is 2.63. The molecule has 19 heavy (non-hydrogen) atoms. The fourth-order valence-electron chi connectivity index (χ4n) is 1.90. The van der Waals surface area contributed by atoms with Crippen LogP contribution in [0.5, 0.6) is 5.75 Å². The molecular weight excluding hydrogens is 242 g/mol. The summed E-state index contributed by atoms with van der Waals surface area (Å²) < 4.78 is 5.07. The quantitative estimate of drug-likeness (QED) is 0.810. The summed E-state index contributed by atoms with van der Waals surface area (Å²) in [6.07, 6.45) is 2.16. The van der Waals surface area contributed by atoms with Gasteiger partial charge < -0.3 is 9.84 Å². The van der Waals surface area contributed by atoms with Crippen molar-refractivity contribution in [1.82, 2.24) is 0 Å². The van der Waals surface area contributed by atoms with Crippen molar-refractivity contribution in [3.8, 4) is 5.75 Å². The average molecular weight is 265 g/mol. The maximum absolute atomic E-state index is 11.3. The van der Waals surface area contributed by atoms with E-state index in [1.165, 1.54) is 4.90 Å². The third-order valence-electron chi connectivity index (χ3n) is 3.39. The lowest BCUT2D eigenvalue weighted by Crippen LogP contribution is -2.30. The fourth-order valence-corrected chi connectivity index (χ4v) is 1.90. The molecule has 0 bridgehead atoms. The van der Waals surface area contributed by atoms with Gasteiger partial charge in [-0.15, -0.1) is 0 Å². The van der Waals surface area contributed by atoms with Crippen LogP contribution < -0.4 is 9.64 Å². The minimum absolute atomic E-state index is 0.534. The topological polar surface area (TPSA) is 49.8 Å². The number of methoxy groups -OCH3 is 1. The summed E-state index contributed by atoms with van der Waals surface area (Å²) in [5, 5.41) is 9.27. The van der Waals surface area contributed by atoms with Gasteiger partial charge in [-0.25, -0.2) is 4.79 Å². The molecule has 0 saturated carbocycles. The van der Waals surface area contributed by atoms with Crippen LogP contribution in [0.2, 0.25) is 0 Å². The van der Waals surface area contributed by atoms with Gasteiger partial charge in [0, 0.05) is 12.2 Å². The second kappa shape index (κ2) is 7.67. The molecule has 1 aromatic carbocycles. The number of nitrogens with zero attached hydrogens (tertiary/aromatic N) is 1. The minimum atomic E-state index is -0.908. The highest BCUT2D eigenvalue weighted by Gasteiger charge is 2.14. The zero-order valence-corrected chi connectivity index (χ0v) is 11.9. The number of rotatable bonds is 7. The standard InChI is InChI=1S/C15H23NO3/c1-4-12(2)6-5-11-16(15(17)18)13-7-9-14(19-3)10-8-13/h7-10,12H,4-6,11H2,1-3H3,(H,17,18). The Bertz CT molecular complexity index is 389. The maximum atomic E-state index is 11.3. The van der Waals surface area contributed by atoms with Crippen LogP contribution in [0.15, 0.2) is 24.3 Å². The summed E-state index contributed by atoms with van der Waals surface area (Å²) in [5.74, 6) is 1.38. The molecular formula is C15H23NO3. The normalized spacial score (nSPS) is 11.9. The van der Waals surface area contributed by atoms with Gasteiger partial charge in [0.25, 0.3) is 0 Å². The predicted octanol–water partition coefficient (Wildman–Crippen LogP) is 4.01. The van der Waals surface area contributed by atoms with Gasteiger partial charge in [-0.05, 0) is 43.0 Å². The molecule has 1 rings (SSSR count). The van der Waals surface area contributed by atoms with Crippen molar-refractivity contribution in [2.75, 3.05) is 18.6 Å². The lowest BCUT2D eigenvalue weighted by molar-refractivity contribution is 0.201. The highest BCUT2D eigenvalue weighted by Crippen LogP contribution is 2.20. The molecule has 0 saturated heterocycles. The molecule has 1 aromatic rings. The van der Waals surface area contributed by atoms with Gasteiger partial charge in [0.05, 0.1) is 7.11 Å². The van der Waals surface area contributed by atoms with E-state index in [9.17, 15) is 9.90 Å². The largest absolute Gasteiger partial charge is 0.497 e. The van der Waals surface area contributed by atoms with Crippen LogP contribution in [-0.4, -0.2) is 24.9 Å². The van der Waals surface area contributed by atoms with Crippen molar-refractivity contribution in [2.24, 2.45) is 5.92 Å². The van der Waals surface area contributed by atoms with Gasteiger partial charge in [-0.1, -0.05) is 20.3 Å². The molecule has 0 radical (unpaired) electrons. The first kappa shape index (κ1) is 15.3. The first-order valence-corrected chi connectivity index (χ1v) is 6.73. The molecule has 4 nitrogen and oxygen atoms in total. The van der Waals surface area contributed by atoms with E-state index < -0.39 is 6.09 Å². The van der Waals surface area contributed by atoms with Gasteiger partial charge in [0.15, 0.2) is 0 Å². The molecule has 0 aliphatic rings. The number of ether oxygens (including phenoxy) is 1. The highest BCUT2D eigenvalue weighted by molar-refractivity contribution is 5.86. The molecule has 0 heterocycles. The van der Waals surface area contributed by atoms with E-state index in [0.717, 1.165) is 25.0 Å². The summed E-state index contributed by atoms with van der Waals surface area (Å²) in [5.41, 5.74) is 0.692. The van der Waals surface area contributed by atoms with Crippen molar-refractivity contribution in [3.05, 3.63) is 24.3 Å². The number of carboxylic acid groups (broad SMARTS) is 1. The van der Waals surface area contributed by atoms with Gasteiger partial charge in [0.1, 0.15) is 5.75 Å². The third-order valence-corrected chi connectivity index (χ3v) is 3.39. The lowest BCUT2D eigenvalue weighted by Gasteiger charge is -2.20. The molecule has 1 atom stereocenters. The van der Waals surface area contributed by atoms with Crippen LogP contribution in [0, 0.1) is 5.92 Å². The van der Waals surface area contributed by atoms with Crippen molar-refractivity contribution in [3.63, 3.8) is 0 Å². The van der Waals surface area contributed by atoms with Crippen molar-refractivity contribution >= 4 is 11.8 Å². The summed E-state index contributed by atoms with van der Waals surface area (Å²) in [6, 6.07) is 7.10. The Labute approximate surface area is 115 Å². The monoisotopic (exact) mass is 265 g/mol. The summed E-state index contributed by atoms with van der Waals surface area (Å²) in [6.45, 7) is 4.88. The maximum Gasteiger partial charge on any atom is 0.411 e. The lowest BCUT2D eigenvalue weighted by atomic mass is 10.0. The molecule has 0 aliphatic carbocycles. The van der Waals surface area contributed by atoms with E-state index in [2.05, 4.69) is 13.8 Å². The number of amides is 1. The molecule has 4 heteroatoms. The molecule has 1 N–H and O–H groups in total. The molecule has 1 amide bonds. The summed E-state index contributed by atoms with van der Waals surface area (Å²) >= 11 is 0. The van der Waals surface area contributed by atoms with E-state index in [1.807, 2.05) is 0 Å². The Morgan fingerprint density at radius 2 is 2.00 bits per heavy atom. The van der Waals surface area contributed by atoms with E-state index in [4.69, 9.17) is 4.74 Å². The molecule has 0 aliphatic heterocycles. The molecule has 0 fully saturated rings. The van der Waals surface area contributed by atoms with Crippen LogP contribution in [0.3, 0.4) is 0 Å². The molecule has 0 aromatic heterocycles. The van der Waals surface area contributed by atoms with Gasteiger partial charge >= 0.3 is 6.09 Å². The van der Waals surface area contributed by atoms with Crippen LogP contribution in [0.25, 0.3) is 0 Å². The molecule has 0 spiro atoms. The second-order valence-electron chi connectivity index (χ2n) is 4.79. The van der Waals surface area contributed by atoms with Gasteiger partial charge in [0.2, 0.25) is 0 Å². The minimum Gasteiger partial charge on any atom is -0.497 e. The second-order valence-corrected chi connectivity index (χ2v) is 4.79. The number of carbonyl (C=O) groups is 1. The fraction of sp³-hybridized carbons (Fsp3) is 0.533. The number of anilines is 1. The number of hydrogen-bond acceptors (Lipinski definition) is 2. The van der Waals surface area contributed by atoms with E-state index >= 15 is 0 Å². The molecule has 106 valence electrons. The van der Waals surface area contributed by atoms with Crippen LogP contribution in [0.4, 0.5) is 10.5 Å². The Morgan fingerprint density at radius 3 is 2.47 bits per heavy atom. The van der Waals surface area contributed by atoms with Crippen molar-refractivity contribution < 1.29 is 14.6 Å². The Hall–Kier alpha value is -1.71.